The van der Waals surface area contributed by atoms with Crippen molar-refractivity contribution in [1.82, 2.24) is 20.0 Å². The van der Waals surface area contributed by atoms with E-state index in [0.717, 1.165) is 77.9 Å². The molecule has 0 aromatic heterocycles. The Balaban J connectivity index is 0.00000280. The summed E-state index contributed by atoms with van der Waals surface area (Å²) in [6.45, 7) is 11.1. The number of hydrogen-bond donors (Lipinski definition) is 1. The maximum Gasteiger partial charge on any atom is 0.223 e. The van der Waals surface area contributed by atoms with Gasteiger partial charge in [-0.3, -0.25) is 9.59 Å². The van der Waals surface area contributed by atoms with E-state index in [1.807, 2.05) is 6.92 Å². The van der Waals surface area contributed by atoms with E-state index in [1.54, 1.807) is 0 Å². The van der Waals surface area contributed by atoms with Crippen LogP contribution in [0.15, 0.2) is 0 Å². The molecule has 1 spiro atoms. The molecule has 6 heteroatoms. The minimum atomic E-state index is 0. The van der Waals surface area contributed by atoms with Gasteiger partial charge in [0.15, 0.2) is 0 Å². The van der Waals surface area contributed by atoms with Gasteiger partial charge in [-0.15, -0.1) is 0 Å². The highest BCUT2D eigenvalue weighted by molar-refractivity contribution is 5.78. The van der Waals surface area contributed by atoms with Gasteiger partial charge in [0.05, 0.1) is 0 Å². The third-order valence-electron chi connectivity index (χ3n) is 7.18. The molecular weight excluding hydrogens is 340 g/mol. The molecule has 27 heavy (non-hydrogen) atoms. The third kappa shape index (κ3) is 5.23. The summed E-state index contributed by atoms with van der Waals surface area (Å²) in [4.78, 5) is 31.5. The van der Waals surface area contributed by atoms with Gasteiger partial charge < -0.3 is 20.0 Å². The van der Waals surface area contributed by atoms with E-state index in [2.05, 4.69) is 34.0 Å². The fourth-order valence-electron chi connectivity index (χ4n) is 4.74. The lowest BCUT2D eigenvalue weighted by atomic mass is 9.60. The van der Waals surface area contributed by atoms with Crippen molar-refractivity contribution in [3.05, 3.63) is 0 Å². The summed E-state index contributed by atoms with van der Waals surface area (Å²) in [6.07, 6.45) is 5.95. The molecule has 1 unspecified atom stereocenters. The lowest BCUT2D eigenvalue weighted by molar-refractivity contribution is -0.135. The van der Waals surface area contributed by atoms with E-state index >= 15 is 0 Å². The summed E-state index contributed by atoms with van der Waals surface area (Å²) in [5.41, 5.74) is 0.377. The minimum Gasteiger partial charge on any atom is -0.353 e. The number of likely N-dealkylation sites (N-methyl/N-ethyl adjacent to an activating group) is 1. The molecule has 1 atom stereocenters. The van der Waals surface area contributed by atoms with Gasteiger partial charge in [-0.05, 0) is 44.6 Å². The van der Waals surface area contributed by atoms with Crippen LogP contribution in [0, 0.1) is 11.3 Å². The topological polar surface area (TPSA) is 55.9 Å². The van der Waals surface area contributed by atoms with Crippen molar-refractivity contribution in [2.24, 2.45) is 11.3 Å². The lowest BCUT2D eigenvalue weighted by Crippen LogP contribution is -2.56. The summed E-state index contributed by atoms with van der Waals surface area (Å²) < 4.78 is 0. The number of nitrogens with one attached hydrogen (secondary N) is 1. The molecule has 3 rings (SSSR count). The number of likely N-dealkylation sites (tertiary alicyclic amines) is 1. The van der Waals surface area contributed by atoms with Crippen molar-refractivity contribution >= 4 is 11.8 Å². The van der Waals surface area contributed by atoms with Crippen molar-refractivity contribution in [3.8, 4) is 0 Å². The predicted molar refractivity (Wildman–Crippen MR) is 110 cm³/mol. The molecule has 0 radical (unpaired) electrons. The van der Waals surface area contributed by atoms with Gasteiger partial charge in [0.25, 0.3) is 0 Å². The molecule has 1 saturated carbocycles. The molecule has 0 aromatic carbocycles. The molecule has 1 N–H and O–H groups in total. The van der Waals surface area contributed by atoms with Crippen LogP contribution in [0.5, 0.6) is 0 Å². The third-order valence-corrected chi connectivity index (χ3v) is 7.18. The zero-order valence-electron chi connectivity index (χ0n) is 17.5. The Kier molecular flexibility index (Phi) is 6.79. The van der Waals surface area contributed by atoms with Crippen molar-refractivity contribution in [3.63, 3.8) is 0 Å². The summed E-state index contributed by atoms with van der Waals surface area (Å²) in [5, 5.41) is 3.20. The first kappa shape index (κ1) is 20.6. The highest BCUT2D eigenvalue weighted by Crippen LogP contribution is 2.49. The summed E-state index contributed by atoms with van der Waals surface area (Å²) in [7, 11) is 2.16. The minimum absolute atomic E-state index is 0. The molecule has 0 aromatic rings. The summed E-state index contributed by atoms with van der Waals surface area (Å²) >= 11 is 0. The van der Waals surface area contributed by atoms with Gasteiger partial charge in [0, 0.05) is 65.6 Å². The monoisotopic (exact) mass is 380 g/mol. The lowest BCUT2D eigenvalue weighted by Gasteiger charge is -2.52. The average molecular weight is 381 g/mol. The zero-order valence-corrected chi connectivity index (χ0v) is 17.5. The first-order chi connectivity index (χ1) is 12.9. The van der Waals surface area contributed by atoms with Crippen LogP contribution in [0.1, 0.15) is 53.8 Å². The van der Waals surface area contributed by atoms with Gasteiger partial charge in [-0.1, -0.05) is 13.8 Å². The zero-order chi connectivity index (χ0) is 19.4. The Hall–Kier alpha value is -1.14. The van der Waals surface area contributed by atoms with Gasteiger partial charge in [-0.2, -0.15) is 0 Å². The highest BCUT2D eigenvalue weighted by atomic mass is 16.2. The Labute approximate surface area is 166 Å². The molecule has 2 saturated heterocycles. The van der Waals surface area contributed by atoms with E-state index in [-0.39, 0.29) is 13.3 Å². The largest absolute Gasteiger partial charge is 0.353 e. The van der Waals surface area contributed by atoms with Crippen molar-refractivity contribution in [2.45, 2.75) is 58.4 Å². The van der Waals surface area contributed by atoms with Crippen molar-refractivity contribution in [2.75, 3.05) is 52.9 Å². The number of piperidine rings is 1. The molecule has 0 bridgehead atoms. The van der Waals surface area contributed by atoms with Crippen LogP contribution in [-0.4, -0.2) is 85.4 Å². The van der Waals surface area contributed by atoms with E-state index < -0.39 is 0 Å². The number of carbonyl (C=O) groups excluding carboxylic acids is 2. The van der Waals surface area contributed by atoms with Gasteiger partial charge in [-0.25, -0.2) is 0 Å². The smallest absolute Gasteiger partial charge is 0.223 e. The van der Waals surface area contributed by atoms with Crippen LogP contribution in [0.3, 0.4) is 0 Å². The molecule has 3 fully saturated rings. The second-order valence-electron chi connectivity index (χ2n) is 9.20. The van der Waals surface area contributed by atoms with E-state index in [4.69, 9.17) is 0 Å². The number of carbonyl (C=O) groups is 2. The van der Waals surface area contributed by atoms with E-state index in [9.17, 15) is 9.59 Å². The Bertz CT molecular complexity index is 520. The van der Waals surface area contributed by atoms with Crippen LogP contribution >= 0.6 is 0 Å². The SMILES string of the molecule is CCC(C)C(=O)NC1CC2(CCN(C(=O)CCN3CCN(C)CC3)CC2)C1.[HH]. The molecule has 2 amide bonds. The first-order valence-electron chi connectivity index (χ1n) is 10.9. The number of amides is 2. The molecule has 156 valence electrons. The second-order valence-corrected chi connectivity index (χ2v) is 9.20. The van der Waals surface area contributed by atoms with Gasteiger partial charge in [0.2, 0.25) is 11.8 Å². The average Bonchev–Trinajstić information content (AvgIpc) is 2.65. The first-order valence-corrected chi connectivity index (χ1v) is 10.9. The fourth-order valence-corrected chi connectivity index (χ4v) is 4.74. The normalized spacial score (nSPS) is 25.2. The Morgan fingerprint density at radius 2 is 1.74 bits per heavy atom. The van der Waals surface area contributed by atoms with Crippen molar-refractivity contribution in [1.29, 1.82) is 0 Å². The van der Waals surface area contributed by atoms with Gasteiger partial charge >= 0.3 is 0 Å². The van der Waals surface area contributed by atoms with Crippen LogP contribution in [0.4, 0.5) is 0 Å². The van der Waals surface area contributed by atoms with E-state index in [1.165, 1.54) is 0 Å². The second kappa shape index (κ2) is 8.91. The standard InChI is InChI=1S/C21H38N4O2.H2/c1-4-17(2)20(27)22-18-15-21(16-18)6-9-25(10-7-21)19(26)5-8-24-13-11-23(3)12-14-24;/h17-18H,4-16H2,1-3H3,(H,22,27);1H. The van der Waals surface area contributed by atoms with Crippen LogP contribution in [0.2, 0.25) is 0 Å². The number of hydrogen-bond acceptors (Lipinski definition) is 4. The Morgan fingerprint density at radius 1 is 1.11 bits per heavy atom. The summed E-state index contributed by atoms with van der Waals surface area (Å²) in [6, 6.07) is 0.353. The number of rotatable bonds is 6. The quantitative estimate of drug-likeness (QED) is 0.763. The van der Waals surface area contributed by atoms with Crippen LogP contribution in [-0.2, 0) is 9.59 Å². The molecular formula is C21H40N4O2. The molecule has 2 aliphatic heterocycles. The molecule has 2 heterocycles. The predicted octanol–water partition coefficient (Wildman–Crippen LogP) is 1.80. The number of nitrogens with zero attached hydrogens (tertiary/aromatic N) is 3. The maximum absolute atomic E-state index is 12.6. The van der Waals surface area contributed by atoms with Crippen LogP contribution < -0.4 is 5.32 Å². The fraction of sp³-hybridized carbons (Fsp3) is 0.905. The summed E-state index contributed by atoms with van der Waals surface area (Å²) in [5.74, 6) is 0.639. The number of piperazine rings is 1. The van der Waals surface area contributed by atoms with Crippen LogP contribution in [0.25, 0.3) is 0 Å². The highest BCUT2D eigenvalue weighted by Gasteiger charge is 2.46. The van der Waals surface area contributed by atoms with Gasteiger partial charge in [0.1, 0.15) is 0 Å². The Morgan fingerprint density at radius 3 is 2.33 bits per heavy atom. The maximum atomic E-state index is 12.6. The van der Waals surface area contributed by atoms with Crippen molar-refractivity contribution < 1.29 is 11.0 Å². The molecule has 1 aliphatic carbocycles. The van der Waals surface area contributed by atoms with E-state index in [0.29, 0.717) is 23.8 Å². The molecule has 3 aliphatic rings. The molecule has 6 nitrogen and oxygen atoms in total.